The summed E-state index contributed by atoms with van der Waals surface area (Å²) in [7, 11) is 2.44. The Hall–Kier alpha value is -2.34. The normalized spacial score (nSPS) is 10.4. The summed E-state index contributed by atoms with van der Waals surface area (Å²) in [5, 5.41) is -0.185. The number of carbonyl (C=O) groups is 1. The number of nitrogen functional groups attached to an aromatic ring is 1. The fraction of sp³-hybridized carbons (Fsp3) is 0.133. The first kappa shape index (κ1) is 16.0. The Morgan fingerprint density at radius 1 is 1.23 bits per heavy atom. The lowest BCUT2D eigenvalue weighted by molar-refractivity contribution is 0.0601. The van der Waals surface area contributed by atoms with Crippen molar-refractivity contribution in [1.82, 2.24) is 0 Å². The van der Waals surface area contributed by atoms with E-state index in [1.54, 1.807) is 0 Å². The van der Waals surface area contributed by atoms with Gasteiger partial charge in [-0.25, -0.2) is 13.6 Å². The molecule has 0 aliphatic carbocycles. The highest BCUT2D eigenvalue weighted by atomic mass is 35.5. The third kappa shape index (κ3) is 2.57. The number of halogens is 3. The lowest BCUT2D eigenvalue weighted by atomic mass is 9.99. The van der Waals surface area contributed by atoms with E-state index in [9.17, 15) is 13.6 Å². The first-order valence-electron chi connectivity index (χ1n) is 6.11. The Morgan fingerprint density at radius 3 is 2.50 bits per heavy atom. The molecule has 2 rings (SSSR count). The molecule has 0 aliphatic rings. The van der Waals surface area contributed by atoms with Crippen LogP contribution < -0.4 is 10.5 Å². The molecule has 0 heterocycles. The van der Waals surface area contributed by atoms with Gasteiger partial charge in [0.1, 0.15) is 11.6 Å². The molecule has 4 nitrogen and oxygen atoms in total. The molecule has 0 bridgehead atoms. The summed E-state index contributed by atoms with van der Waals surface area (Å²) in [5.74, 6) is -2.50. The van der Waals surface area contributed by atoms with Crippen molar-refractivity contribution in [3.05, 3.63) is 46.5 Å². The van der Waals surface area contributed by atoms with Crippen molar-refractivity contribution in [3.8, 4) is 16.9 Å². The van der Waals surface area contributed by atoms with Gasteiger partial charge in [0.2, 0.25) is 0 Å². The number of ether oxygens (including phenoxy) is 2. The van der Waals surface area contributed by atoms with E-state index in [0.29, 0.717) is 0 Å². The Labute approximate surface area is 130 Å². The average Bonchev–Trinajstić information content (AvgIpc) is 2.51. The fourth-order valence-electron chi connectivity index (χ4n) is 2.06. The van der Waals surface area contributed by atoms with E-state index < -0.39 is 23.3 Å². The zero-order valence-corrected chi connectivity index (χ0v) is 12.5. The molecular formula is C15H12ClF2NO3. The summed E-state index contributed by atoms with van der Waals surface area (Å²) in [6.45, 7) is 0. The number of rotatable bonds is 3. The zero-order valence-electron chi connectivity index (χ0n) is 11.7. The number of carbonyl (C=O) groups excluding carboxylic acids is 1. The first-order valence-corrected chi connectivity index (χ1v) is 6.48. The molecule has 0 aromatic heterocycles. The summed E-state index contributed by atoms with van der Waals surface area (Å²) in [4.78, 5) is 11.6. The number of hydrogen-bond acceptors (Lipinski definition) is 4. The molecule has 0 radical (unpaired) electrons. The van der Waals surface area contributed by atoms with Crippen molar-refractivity contribution in [2.75, 3.05) is 20.0 Å². The highest BCUT2D eigenvalue weighted by Crippen LogP contribution is 2.41. The monoisotopic (exact) mass is 327 g/mol. The van der Waals surface area contributed by atoms with Gasteiger partial charge in [0.25, 0.3) is 0 Å². The first-order chi connectivity index (χ1) is 10.4. The highest BCUT2D eigenvalue weighted by Gasteiger charge is 2.25. The van der Waals surface area contributed by atoms with Crippen LogP contribution in [0.5, 0.6) is 5.75 Å². The molecule has 7 heteroatoms. The second kappa shape index (κ2) is 6.19. The largest absolute Gasteiger partial charge is 0.496 e. The van der Waals surface area contributed by atoms with Crippen LogP contribution in [0.1, 0.15) is 10.4 Å². The van der Waals surface area contributed by atoms with Crippen LogP contribution in [0.25, 0.3) is 11.1 Å². The summed E-state index contributed by atoms with van der Waals surface area (Å²) in [6.07, 6.45) is 0. The van der Waals surface area contributed by atoms with Crippen molar-refractivity contribution in [1.29, 1.82) is 0 Å². The third-order valence-corrected chi connectivity index (χ3v) is 3.40. The maximum Gasteiger partial charge on any atom is 0.340 e. The van der Waals surface area contributed by atoms with E-state index in [1.807, 2.05) is 0 Å². The van der Waals surface area contributed by atoms with E-state index in [4.69, 9.17) is 22.1 Å². The number of esters is 1. The topological polar surface area (TPSA) is 61.5 Å². The SMILES string of the molecule is COC(=O)c1cc(Cl)c(-c2c(F)cccc2OC)c(F)c1N. The molecular weight excluding hydrogens is 316 g/mol. The summed E-state index contributed by atoms with van der Waals surface area (Å²) >= 11 is 6.02. The number of nitrogens with two attached hydrogens (primary N) is 1. The molecule has 0 amide bonds. The Kier molecular flexibility index (Phi) is 4.51. The van der Waals surface area contributed by atoms with Crippen LogP contribution in [0.15, 0.2) is 24.3 Å². The standard InChI is InChI=1S/C15H12ClF2NO3/c1-21-10-5-3-4-9(17)12(10)11-8(16)6-7(15(20)22-2)14(19)13(11)18/h3-6H,19H2,1-2H3. The third-order valence-electron chi connectivity index (χ3n) is 3.11. The maximum absolute atomic E-state index is 14.6. The molecule has 0 saturated carbocycles. The van der Waals surface area contributed by atoms with Crippen molar-refractivity contribution in [3.63, 3.8) is 0 Å². The molecule has 116 valence electrons. The van der Waals surface area contributed by atoms with Gasteiger partial charge in [-0.2, -0.15) is 0 Å². The molecule has 2 N–H and O–H groups in total. The molecule has 22 heavy (non-hydrogen) atoms. The van der Waals surface area contributed by atoms with Crippen LogP contribution in [0.3, 0.4) is 0 Å². The van der Waals surface area contributed by atoms with E-state index in [2.05, 4.69) is 4.74 Å². The minimum Gasteiger partial charge on any atom is -0.496 e. The predicted molar refractivity (Wildman–Crippen MR) is 79.1 cm³/mol. The Bertz CT molecular complexity index is 750. The second-order valence-corrected chi connectivity index (χ2v) is 4.72. The Balaban J connectivity index is 2.79. The van der Waals surface area contributed by atoms with Gasteiger partial charge in [0.05, 0.1) is 36.1 Å². The lowest BCUT2D eigenvalue weighted by Gasteiger charge is -2.15. The summed E-state index contributed by atoms with van der Waals surface area (Å²) < 4.78 is 38.2. The fourth-order valence-corrected chi connectivity index (χ4v) is 2.35. The van der Waals surface area contributed by atoms with Crippen molar-refractivity contribution < 1.29 is 23.0 Å². The molecule has 0 aliphatic heterocycles. The van der Waals surface area contributed by atoms with Gasteiger partial charge in [0.15, 0.2) is 5.82 Å². The average molecular weight is 328 g/mol. The van der Waals surface area contributed by atoms with E-state index in [0.717, 1.165) is 19.2 Å². The van der Waals surface area contributed by atoms with Gasteiger partial charge in [0, 0.05) is 5.56 Å². The van der Waals surface area contributed by atoms with Crippen LogP contribution >= 0.6 is 11.6 Å². The molecule has 2 aromatic rings. The van der Waals surface area contributed by atoms with Crippen LogP contribution in [-0.4, -0.2) is 20.2 Å². The molecule has 0 unspecified atom stereocenters. The van der Waals surface area contributed by atoms with Gasteiger partial charge in [-0.3, -0.25) is 0 Å². The van der Waals surface area contributed by atoms with E-state index in [-0.39, 0.29) is 27.5 Å². The maximum atomic E-state index is 14.6. The van der Waals surface area contributed by atoms with Crippen molar-refractivity contribution >= 4 is 23.3 Å². The number of hydrogen-bond donors (Lipinski definition) is 1. The van der Waals surface area contributed by atoms with Gasteiger partial charge in [-0.1, -0.05) is 17.7 Å². The molecule has 0 spiro atoms. The lowest BCUT2D eigenvalue weighted by Crippen LogP contribution is -2.09. The van der Waals surface area contributed by atoms with Gasteiger partial charge in [-0.05, 0) is 18.2 Å². The predicted octanol–water partition coefficient (Wildman–Crippen LogP) is 3.66. The summed E-state index contributed by atoms with van der Waals surface area (Å²) in [6, 6.07) is 5.14. The number of methoxy groups -OCH3 is 2. The molecule has 0 saturated heterocycles. The van der Waals surface area contributed by atoms with Crippen LogP contribution in [0, 0.1) is 11.6 Å². The van der Waals surface area contributed by atoms with Crippen molar-refractivity contribution in [2.24, 2.45) is 0 Å². The second-order valence-electron chi connectivity index (χ2n) is 4.32. The molecule has 0 fully saturated rings. The minimum atomic E-state index is -1.02. The number of anilines is 1. The van der Waals surface area contributed by atoms with Gasteiger partial charge >= 0.3 is 5.97 Å². The van der Waals surface area contributed by atoms with Gasteiger partial charge < -0.3 is 15.2 Å². The van der Waals surface area contributed by atoms with Gasteiger partial charge in [-0.15, -0.1) is 0 Å². The Morgan fingerprint density at radius 2 is 1.91 bits per heavy atom. The molecule has 0 atom stereocenters. The number of benzene rings is 2. The highest BCUT2D eigenvalue weighted by molar-refractivity contribution is 6.34. The zero-order chi connectivity index (χ0) is 16.4. The van der Waals surface area contributed by atoms with E-state index >= 15 is 0 Å². The molecule has 2 aromatic carbocycles. The van der Waals surface area contributed by atoms with Crippen LogP contribution in [0.2, 0.25) is 5.02 Å². The van der Waals surface area contributed by atoms with E-state index in [1.165, 1.54) is 19.2 Å². The minimum absolute atomic E-state index is 0.0889. The smallest absolute Gasteiger partial charge is 0.340 e. The van der Waals surface area contributed by atoms with Crippen LogP contribution in [-0.2, 0) is 4.74 Å². The van der Waals surface area contributed by atoms with Crippen molar-refractivity contribution in [2.45, 2.75) is 0 Å². The quantitative estimate of drug-likeness (QED) is 0.690. The van der Waals surface area contributed by atoms with Crippen LogP contribution in [0.4, 0.5) is 14.5 Å². The summed E-state index contributed by atoms with van der Waals surface area (Å²) in [5.41, 5.74) is 4.46.